The quantitative estimate of drug-likeness (QED) is 0.316. The summed E-state index contributed by atoms with van der Waals surface area (Å²) in [6.07, 6.45) is 10.3. The first-order valence-electron chi connectivity index (χ1n) is 11.5. The molecule has 4 N–H and O–H groups in total. The number of nitrogens with one attached hydrogen (secondary N) is 4. The second-order valence-corrected chi connectivity index (χ2v) is 9.40. The second-order valence-electron chi connectivity index (χ2n) is 9.40. The van der Waals surface area contributed by atoms with Crippen LogP contribution in [0.15, 0.2) is 48.6 Å². The van der Waals surface area contributed by atoms with Gasteiger partial charge in [0.25, 0.3) is 0 Å². The van der Waals surface area contributed by atoms with Crippen LogP contribution in [0.2, 0.25) is 0 Å². The van der Waals surface area contributed by atoms with Crippen LogP contribution in [-0.2, 0) is 0 Å². The molecule has 0 bridgehead atoms. The van der Waals surface area contributed by atoms with Crippen molar-refractivity contribution in [3.63, 3.8) is 0 Å². The fraction of sp³-hybridized carbons (Fsp3) is 0.269. The molecule has 0 aliphatic carbocycles. The minimum atomic E-state index is -1.60. The molecule has 0 saturated heterocycles. The first-order chi connectivity index (χ1) is 17.0. The van der Waals surface area contributed by atoms with Gasteiger partial charge in [-0.3, -0.25) is 9.99 Å². The lowest BCUT2D eigenvalue weighted by Crippen LogP contribution is -2.35. The molecule has 9 heteroatoms. The molecule has 8 nitrogen and oxygen atoms in total. The summed E-state index contributed by atoms with van der Waals surface area (Å²) < 4.78 is 22.9. The molecule has 1 aromatic carbocycles. The molecule has 0 spiro atoms. The van der Waals surface area contributed by atoms with Gasteiger partial charge in [-0.05, 0) is 29.2 Å². The summed E-state index contributed by atoms with van der Waals surface area (Å²) in [4.78, 5) is 8.18. The van der Waals surface area contributed by atoms with Crippen molar-refractivity contribution in [2.24, 2.45) is 5.41 Å². The van der Waals surface area contributed by atoms with Gasteiger partial charge in [0.2, 0.25) is 5.95 Å². The number of hydrogen-bond donors (Lipinski definition) is 4. The highest BCUT2D eigenvalue weighted by Crippen LogP contribution is 2.34. The number of terminal acetylenes is 1. The number of nitriles is 1. The molecule has 178 valence electrons. The Morgan fingerprint density at radius 2 is 2.06 bits per heavy atom. The zero-order valence-electron chi connectivity index (χ0n) is 21.0. The summed E-state index contributed by atoms with van der Waals surface area (Å²) in [6.45, 7) is 6.94. The third-order valence-corrected chi connectivity index (χ3v) is 5.29. The van der Waals surface area contributed by atoms with Crippen LogP contribution in [0.3, 0.4) is 0 Å². The van der Waals surface area contributed by atoms with Gasteiger partial charge in [-0.2, -0.15) is 9.65 Å². The summed E-state index contributed by atoms with van der Waals surface area (Å²) in [7, 11) is 1.77. The smallest absolute Gasteiger partial charge is 0.212 e. The van der Waals surface area contributed by atoms with Crippen molar-refractivity contribution in [1.29, 1.82) is 5.26 Å². The monoisotopic (exact) mass is 471 g/mol. The number of halogens is 1. The maximum absolute atomic E-state index is 13.6. The fourth-order valence-corrected chi connectivity index (χ4v) is 3.61. The summed E-state index contributed by atoms with van der Waals surface area (Å²) in [5.41, 5.74) is 9.21. The van der Waals surface area contributed by atoms with E-state index in [-0.39, 0.29) is 5.41 Å². The van der Waals surface area contributed by atoms with Crippen molar-refractivity contribution in [2.45, 2.75) is 26.8 Å². The van der Waals surface area contributed by atoms with E-state index >= 15 is 0 Å². The number of rotatable bonds is 6. The van der Waals surface area contributed by atoms with Gasteiger partial charge < -0.3 is 16.1 Å². The van der Waals surface area contributed by atoms with E-state index in [0.29, 0.717) is 51.2 Å². The van der Waals surface area contributed by atoms with Gasteiger partial charge in [-0.15, -0.1) is 12.0 Å². The van der Waals surface area contributed by atoms with Crippen LogP contribution < -0.4 is 21.6 Å². The SMILES string of the molecule is [2H][C@](Nc1cc(C#N)c2ncc(C#C)c(NCC(C)(C)C)c2c1)(C1=CN(C)NN1)c1ccc(F)nc1. The van der Waals surface area contributed by atoms with Crippen molar-refractivity contribution in [2.75, 3.05) is 24.2 Å². The normalized spacial score (nSPS) is 15.3. The first-order valence-corrected chi connectivity index (χ1v) is 11.0. The Balaban J connectivity index is 1.88. The lowest BCUT2D eigenvalue weighted by atomic mass is 9.96. The summed E-state index contributed by atoms with van der Waals surface area (Å²) in [5, 5.41) is 18.8. The van der Waals surface area contributed by atoms with Crippen LogP contribution in [0.4, 0.5) is 15.8 Å². The Hall–Kier alpha value is -4.34. The minimum absolute atomic E-state index is 0.0268. The number of aromatic nitrogens is 2. The van der Waals surface area contributed by atoms with Gasteiger partial charge in [-0.25, -0.2) is 4.98 Å². The van der Waals surface area contributed by atoms with Crippen LogP contribution in [0.1, 0.15) is 44.9 Å². The number of pyridine rings is 2. The fourth-order valence-electron chi connectivity index (χ4n) is 3.61. The zero-order valence-corrected chi connectivity index (χ0v) is 20.0. The maximum Gasteiger partial charge on any atom is 0.212 e. The largest absolute Gasteiger partial charge is 0.383 e. The highest BCUT2D eigenvalue weighted by Gasteiger charge is 2.23. The van der Waals surface area contributed by atoms with Crippen LogP contribution in [-0.4, -0.2) is 28.6 Å². The van der Waals surface area contributed by atoms with E-state index in [9.17, 15) is 11.0 Å². The lowest BCUT2D eigenvalue weighted by Gasteiger charge is -2.23. The number of nitrogens with zero attached hydrogens (tertiary/aromatic N) is 4. The van der Waals surface area contributed by atoms with Crippen LogP contribution in [0.25, 0.3) is 10.9 Å². The molecule has 1 atom stereocenters. The van der Waals surface area contributed by atoms with Crippen LogP contribution in [0.5, 0.6) is 0 Å². The van der Waals surface area contributed by atoms with Crippen molar-refractivity contribution >= 4 is 22.3 Å². The molecule has 0 fully saturated rings. The molecular formula is C26H27FN8. The number of anilines is 2. The lowest BCUT2D eigenvalue weighted by molar-refractivity contribution is 0.326. The Labute approximate surface area is 205 Å². The van der Waals surface area contributed by atoms with E-state index in [1.165, 1.54) is 18.3 Å². The molecule has 1 aliphatic rings. The predicted molar refractivity (Wildman–Crippen MR) is 135 cm³/mol. The van der Waals surface area contributed by atoms with Gasteiger partial charge in [0.1, 0.15) is 6.07 Å². The highest BCUT2D eigenvalue weighted by molar-refractivity contribution is 5.99. The molecular weight excluding hydrogens is 443 g/mol. The van der Waals surface area contributed by atoms with E-state index in [0.717, 1.165) is 0 Å². The van der Waals surface area contributed by atoms with Crippen LogP contribution in [0, 0.1) is 35.0 Å². The molecule has 35 heavy (non-hydrogen) atoms. The summed E-state index contributed by atoms with van der Waals surface area (Å²) in [5.74, 6) is 2.02. The Kier molecular flexibility index (Phi) is 6.09. The van der Waals surface area contributed by atoms with Crippen molar-refractivity contribution in [1.82, 2.24) is 25.9 Å². The van der Waals surface area contributed by atoms with Gasteiger partial charge >= 0.3 is 0 Å². The van der Waals surface area contributed by atoms with E-state index in [2.05, 4.69) is 64.3 Å². The molecule has 0 unspecified atom stereocenters. The molecule has 0 saturated carbocycles. The average molecular weight is 472 g/mol. The molecule has 3 heterocycles. The van der Waals surface area contributed by atoms with Crippen LogP contribution >= 0.6 is 0 Å². The van der Waals surface area contributed by atoms with Gasteiger partial charge in [0, 0.05) is 43.3 Å². The van der Waals surface area contributed by atoms with Crippen molar-refractivity contribution in [3.05, 3.63) is 71.2 Å². The zero-order chi connectivity index (χ0) is 26.1. The Morgan fingerprint density at radius 3 is 2.66 bits per heavy atom. The molecule has 3 aromatic rings. The molecule has 4 rings (SSSR count). The molecule has 2 aromatic heterocycles. The summed E-state index contributed by atoms with van der Waals surface area (Å²) >= 11 is 0. The molecule has 0 radical (unpaired) electrons. The standard InChI is InChI=1S/C26H27FN8/c1-6-16-12-30-24-18(11-28)9-19(10-20(24)23(16)31-15-26(2,3)4)32-25(21-14-35(5)34-33-21)17-7-8-22(27)29-13-17/h1,7-10,12-14,25,32-34H,15H2,2-5H3,(H,30,31)/t25-/m1/s1/i25D. The van der Waals surface area contributed by atoms with Crippen molar-refractivity contribution < 1.29 is 5.76 Å². The number of fused-ring (bicyclic) bond motifs is 1. The second kappa shape index (κ2) is 9.49. The van der Waals surface area contributed by atoms with E-state index in [1.54, 1.807) is 30.5 Å². The third-order valence-electron chi connectivity index (χ3n) is 5.29. The highest BCUT2D eigenvalue weighted by atomic mass is 19.1. The van der Waals surface area contributed by atoms with Gasteiger partial charge in [0.05, 0.1) is 35.4 Å². The topological polar surface area (TPSA) is 101 Å². The maximum atomic E-state index is 13.6. The molecule has 0 amide bonds. The first kappa shape index (κ1) is 22.5. The van der Waals surface area contributed by atoms with E-state index in [1.807, 2.05) is 6.07 Å². The Morgan fingerprint density at radius 1 is 1.26 bits per heavy atom. The number of hydrogen-bond acceptors (Lipinski definition) is 8. The third kappa shape index (κ3) is 5.26. The van der Waals surface area contributed by atoms with Gasteiger partial charge in [-0.1, -0.05) is 32.8 Å². The predicted octanol–water partition coefficient (Wildman–Crippen LogP) is 4.03. The van der Waals surface area contributed by atoms with Crippen molar-refractivity contribution in [3.8, 4) is 18.4 Å². The minimum Gasteiger partial charge on any atom is -0.383 e. The van der Waals surface area contributed by atoms with E-state index in [4.69, 9.17) is 6.42 Å². The summed E-state index contributed by atoms with van der Waals surface area (Å²) in [6, 6.07) is 6.73. The van der Waals surface area contributed by atoms with Gasteiger partial charge in [0.15, 0.2) is 0 Å². The molecule has 1 aliphatic heterocycles. The van der Waals surface area contributed by atoms with E-state index < -0.39 is 12.0 Å². The average Bonchev–Trinajstić information content (AvgIpc) is 3.28. The number of benzene rings is 1. The number of hydrazine groups is 2. The Bertz CT molecular complexity index is 1420.